The van der Waals surface area contributed by atoms with Gasteiger partial charge in [0.25, 0.3) is 0 Å². The summed E-state index contributed by atoms with van der Waals surface area (Å²) in [7, 11) is -3.42. The number of halogens is 1. The van der Waals surface area contributed by atoms with E-state index < -0.39 is 10.0 Å². The van der Waals surface area contributed by atoms with Crippen LogP contribution in [0, 0.1) is 5.92 Å². The molecule has 1 N–H and O–H groups in total. The molecule has 1 aliphatic rings. The summed E-state index contributed by atoms with van der Waals surface area (Å²) in [6, 6.07) is 14.9. The first kappa shape index (κ1) is 24.6. The summed E-state index contributed by atoms with van der Waals surface area (Å²) in [6.45, 7) is 3.68. The van der Waals surface area contributed by atoms with E-state index >= 15 is 0 Å². The molecule has 1 heterocycles. The predicted octanol–water partition coefficient (Wildman–Crippen LogP) is 4.03. The summed E-state index contributed by atoms with van der Waals surface area (Å²) in [5.41, 5.74) is 1.99. The summed E-state index contributed by atoms with van der Waals surface area (Å²) in [6.07, 6.45) is 3.20. The van der Waals surface area contributed by atoms with E-state index in [2.05, 4.69) is 24.4 Å². The maximum Gasteiger partial charge on any atom is 0.223 e. The molecule has 8 heteroatoms. The van der Waals surface area contributed by atoms with Gasteiger partial charge >= 0.3 is 0 Å². The fourth-order valence-electron chi connectivity index (χ4n) is 3.81. The highest BCUT2D eigenvalue weighted by Crippen LogP contribution is 2.22. The van der Waals surface area contributed by atoms with E-state index in [1.807, 2.05) is 12.1 Å². The number of rotatable bonds is 10. The minimum atomic E-state index is -3.42. The Labute approximate surface area is 196 Å². The molecule has 6 nitrogen and oxygen atoms in total. The number of carbonyl (C=O) groups is 1. The molecule has 0 atom stereocenters. The minimum Gasteiger partial charge on any atom is -0.492 e. The Morgan fingerprint density at radius 1 is 1.06 bits per heavy atom. The highest BCUT2D eigenvalue weighted by molar-refractivity contribution is 7.88. The van der Waals surface area contributed by atoms with Crippen molar-refractivity contribution in [2.75, 3.05) is 26.2 Å². The normalized spacial score (nSPS) is 15.4. The van der Waals surface area contributed by atoms with Crippen LogP contribution in [-0.2, 0) is 27.0 Å². The molecule has 0 aromatic heterocycles. The third-order valence-electron chi connectivity index (χ3n) is 5.61. The number of nitrogens with zero attached hydrogens (tertiary/aromatic N) is 1. The molecule has 2 aromatic rings. The Morgan fingerprint density at radius 2 is 1.69 bits per heavy atom. The van der Waals surface area contributed by atoms with Gasteiger partial charge in [0, 0.05) is 24.0 Å². The van der Waals surface area contributed by atoms with Crippen LogP contribution in [0.2, 0.25) is 5.02 Å². The topological polar surface area (TPSA) is 75.7 Å². The Hall–Kier alpha value is -2.09. The first-order chi connectivity index (χ1) is 15.4. The van der Waals surface area contributed by atoms with Gasteiger partial charge in [-0.15, -0.1) is 0 Å². The molecule has 0 radical (unpaired) electrons. The van der Waals surface area contributed by atoms with Crippen LogP contribution in [0.3, 0.4) is 0 Å². The molecule has 1 saturated heterocycles. The van der Waals surface area contributed by atoms with Crippen molar-refractivity contribution in [3.63, 3.8) is 0 Å². The number of amides is 1. The summed E-state index contributed by atoms with van der Waals surface area (Å²) in [5, 5.41) is 3.49. The largest absolute Gasteiger partial charge is 0.492 e. The second kappa shape index (κ2) is 11.7. The van der Waals surface area contributed by atoms with Crippen molar-refractivity contribution in [2.45, 2.75) is 38.4 Å². The highest BCUT2D eigenvalue weighted by Gasteiger charge is 2.31. The molecule has 1 aliphatic heterocycles. The highest BCUT2D eigenvalue weighted by atomic mass is 35.5. The fraction of sp³-hybridized carbons (Fsp3) is 0.458. The van der Waals surface area contributed by atoms with E-state index in [1.165, 1.54) is 9.87 Å². The van der Waals surface area contributed by atoms with Crippen LogP contribution >= 0.6 is 11.6 Å². The number of nitrogens with one attached hydrogen (secondary N) is 1. The molecule has 1 amide bonds. The lowest BCUT2D eigenvalue weighted by Gasteiger charge is -2.30. The van der Waals surface area contributed by atoms with Crippen LogP contribution in [0.25, 0.3) is 0 Å². The van der Waals surface area contributed by atoms with E-state index in [1.54, 1.807) is 24.3 Å². The van der Waals surface area contributed by atoms with Crippen molar-refractivity contribution in [3.8, 4) is 5.75 Å². The lowest BCUT2D eigenvalue weighted by Crippen LogP contribution is -2.43. The van der Waals surface area contributed by atoms with Gasteiger partial charge in [0.15, 0.2) is 0 Å². The standard InChI is InChI=1S/C24H31ClN2O4S/c1-2-3-19-6-10-23(11-7-19)31-17-14-26-24(28)21-12-15-27(16-13-21)32(29,30)18-20-4-8-22(25)9-5-20/h4-11,21H,2-3,12-18H2,1H3,(H,26,28). The van der Waals surface area contributed by atoms with E-state index in [-0.39, 0.29) is 17.6 Å². The van der Waals surface area contributed by atoms with E-state index in [9.17, 15) is 13.2 Å². The molecule has 0 aliphatic carbocycles. The Morgan fingerprint density at radius 3 is 2.31 bits per heavy atom. The smallest absolute Gasteiger partial charge is 0.223 e. The number of hydrogen-bond acceptors (Lipinski definition) is 4. The summed E-state index contributed by atoms with van der Waals surface area (Å²) >= 11 is 5.86. The zero-order chi connectivity index (χ0) is 23.0. The Balaban J connectivity index is 1.37. The number of piperidine rings is 1. The second-order valence-electron chi connectivity index (χ2n) is 8.09. The molecule has 0 spiro atoms. The van der Waals surface area contributed by atoms with Crippen LogP contribution in [0.15, 0.2) is 48.5 Å². The summed E-state index contributed by atoms with van der Waals surface area (Å²) < 4.78 is 32.6. The van der Waals surface area contributed by atoms with Crippen molar-refractivity contribution in [2.24, 2.45) is 5.92 Å². The van der Waals surface area contributed by atoms with Gasteiger partial charge in [0.2, 0.25) is 15.9 Å². The number of benzene rings is 2. The SMILES string of the molecule is CCCc1ccc(OCCNC(=O)C2CCN(S(=O)(=O)Cc3ccc(Cl)cc3)CC2)cc1. The lowest BCUT2D eigenvalue weighted by atomic mass is 9.97. The van der Waals surface area contributed by atoms with Gasteiger partial charge in [-0.2, -0.15) is 0 Å². The average molecular weight is 479 g/mol. The predicted molar refractivity (Wildman–Crippen MR) is 127 cm³/mol. The van der Waals surface area contributed by atoms with Crippen LogP contribution in [0.1, 0.15) is 37.3 Å². The monoisotopic (exact) mass is 478 g/mol. The quantitative estimate of drug-likeness (QED) is 0.523. The fourth-order valence-corrected chi connectivity index (χ4v) is 5.50. The average Bonchev–Trinajstić information content (AvgIpc) is 2.79. The molecule has 32 heavy (non-hydrogen) atoms. The van der Waals surface area contributed by atoms with E-state index in [0.717, 1.165) is 18.6 Å². The number of hydrogen-bond donors (Lipinski definition) is 1. The summed E-state index contributed by atoms with van der Waals surface area (Å²) in [5.74, 6) is 0.517. The lowest BCUT2D eigenvalue weighted by molar-refractivity contribution is -0.126. The molecule has 3 rings (SSSR count). The van der Waals surface area contributed by atoms with Crippen LogP contribution in [0.4, 0.5) is 0 Å². The Kier molecular flexibility index (Phi) is 8.96. The van der Waals surface area contributed by atoms with Crippen LogP contribution in [0.5, 0.6) is 5.75 Å². The van der Waals surface area contributed by atoms with Gasteiger partial charge in [0.05, 0.1) is 12.3 Å². The minimum absolute atomic E-state index is 0.0401. The van der Waals surface area contributed by atoms with E-state index in [0.29, 0.717) is 49.7 Å². The third-order valence-corrected chi connectivity index (χ3v) is 7.71. The van der Waals surface area contributed by atoms with Crippen molar-refractivity contribution in [1.82, 2.24) is 9.62 Å². The molecule has 0 saturated carbocycles. The van der Waals surface area contributed by atoms with Crippen LogP contribution in [-0.4, -0.2) is 44.9 Å². The van der Waals surface area contributed by atoms with Crippen molar-refractivity contribution < 1.29 is 17.9 Å². The van der Waals surface area contributed by atoms with Gasteiger partial charge in [-0.3, -0.25) is 4.79 Å². The maximum atomic E-state index is 12.7. The van der Waals surface area contributed by atoms with Crippen molar-refractivity contribution in [3.05, 3.63) is 64.7 Å². The Bertz CT molecular complexity index is 970. The number of ether oxygens (including phenoxy) is 1. The molecule has 0 unspecified atom stereocenters. The van der Waals surface area contributed by atoms with Crippen LogP contribution < -0.4 is 10.1 Å². The third kappa shape index (κ3) is 7.22. The summed E-state index contributed by atoms with van der Waals surface area (Å²) in [4.78, 5) is 12.5. The first-order valence-corrected chi connectivity index (χ1v) is 13.1. The van der Waals surface area contributed by atoms with Gasteiger partial charge < -0.3 is 10.1 Å². The van der Waals surface area contributed by atoms with Crippen molar-refractivity contribution >= 4 is 27.5 Å². The van der Waals surface area contributed by atoms with Gasteiger partial charge in [-0.1, -0.05) is 49.2 Å². The van der Waals surface area contributed by atoms with E-state index in [4.69, 9.17) is 16.3 Å². The number of carbonyl (C=O) groups excluding carboxylic acids is 1. The number of aryl methyl sites for hydroxylation is 1. The zero-order valence-electron chi connectivity index (χ0n) is 18.4. The van der Waals surface area contributed by atoms with Gasteiger partial charge in [0.1, 0.15) is 12.4 Å². The maximum absolute atomic E-state index is 12.7. The molecule has 0 bridgehead atoms. The van der Waals surface area contributed by atoms with Gasteiger partial charge in [-0.05, 0) is 54.7 Å². The van der Waals surface area contributed by atoms with Crippen molar-refractivity contribution in [1.29, 1.82) is 0 Å². The first-order valence-electron chi connectivity index (χ1n) is 11.1. The molecular formula is C24H31ClN2O4S. The molecular weight excluding hydrogens is 448 g/mol. The zero-order valence-corrected chi connectivity index (χ0v) is 20.0. The van der Waals surface area contributed by atoms with Gasteiger partial charge in [-0.25, -0.2) is 12.7 Å². The second-order valence-corrected chi connectivity index (χ2v) is 10.5. The molecule has 1 fully saturated rings. The molecule has 174 valence electrons. The molecule has 2 aromatic carbocycles. The number of sulfonamides is 1.